The lowest BCUT2D eigenvalue weighted by atomic mass is 10.1. The number of hydrogen-bond acceptors (Lipinski definition) is 5. The van der Waals surface area contributed by atoms with E-state index in [1.54, 1.807) is 18.7 Å². The van der Waals surface area contributed by atoms with Gasteiger partial charge >= 0.3 is 0 Å². The quantitative estimate of drug-likeness (QED) is 0.882. The molecule has 1 atom stereocenters. The molecular weight excluding hydrogens is 222 g/mol. The molecule has 1 N–H and O–H groups in total. The summed E-state index contributed by atoms with van der Waals surface area (Å²) >= 11 is 1.42. The molecule has 5 heteroatoms. The standard InChI is InChI=1S/C11H13N3OS/c1-8(12-2)9-3-4-13-10(7-9)16-11-14-5-6-15-11/h3-8,12H,1-2H3. The van der Waals surface area contributed by atoms with Gasteiger partial charge in [-0.05, 0) is 43.4 Å². The molecule has 16 heavy (non-hydrogen) atoms. The van der Waals surface area contributed by atoms with Gasteiger partial charge in [-0.1, -0.05) is 0 Å². The molecule has 4 nitrogen and oxygen atoms in total. The fourth-order valence-corrected chi connectivity index (χ4v) is 1.97. The summed E-state index contributed by atoms with van der Waals surface area (Å²) in [5, 5.41) is 4.69. The van der Waals surface area contributed by atoms with Gasteiger partial charge < -0.3 is 9.73 Å². The van der Waals surface area contributed by atoms with Crippen LogP contribution in [0, 0.1) is 0 Å². The smallest absolute Gasteiger partial charge is 0.261 e. The molecule has 2 rings (SSSR count). The fourth-order valence-electron chi connectivity index (χ4n) is 1.27. The zero-order valence-corrected chi connectivity index (χ0v) is 9.99. The molecule has 2 aromatic heterocycles. The summed E-state index contributed by atoms with van der Waals surface area (Å²) in [5.74, 6) is 0. The van der Waals surface area contributed by atoms with Crippen molar-refractivity contribution in [3.63, 3.8) is 0 Å². The molecule has 0 aromatic carbocycles. The van der Waals surface area contributed by atoms with E-state index in [2.05, 4.69) is 22.2 Å². The molecule has 0 aliphatic heterocycles. The van der Waals surface area contributed by atoms with E-state index >= 15 is 0 Å². The Kier molecular flexibility index (Phi) is 3.58. The largest absolute Gasteiger partial charge is 0.440 e. The van der Waals surface area contributed by atoms with E-state index in [9.17, 15) is 0 Å². The first-order chi connectivity index (χ1) is 7.79. The minimum Gasteiger partial charge on any atom is -0.440 e. The Bertz CT molecular complexity index is 444. The van der Waals surface area contributed by atoms with Crippen molar-refractivity contribution in [2.24, 2.45) is 0 Å². The Morgan fingerprint density at radius 1 is 1.38 bits per heavy atom. The van der Waals surface area contributed by atoms with E-state index in [1.807, 2.05) is 19.2 Å². The number of hydrogen-bond donors (Lipinski definition) is 1. The normalized spacial score (nSPS) is 12.6. The number of oxazole rings is 1. The molecule has 84 valence electrons. The topological polar surface area (TPSA) is 51.0 Å². The van der Waals surface area contributed by atoms with Crippen LogP contribution in [0.1, 0.15) is 18.5 Å². The highest BCUT2D eigenvalue weighted by atomic mass is 32.2. The lowest BCUT2D eigenvalue weighted by molar-refractivity contribution is 0.454. The van der Waals surface area contributed by atoms with Gasteiger partial charge in [0.1, 0.15) is 11.3 Å². The average molecular weight is 235 g/mol. The highest BCUT2D eigenvalue weighted by Gasteiger charge is 2.06. The molecule has 0 spiro atoms. The molecule has 0 amide bonds. The number of nitrogens with zero attached hydrogens (tertiary/aromatic N) is 2. The first kappa shape index (κ1) is 11.2. The summed E-state index contributed by atoms with van der Waals surface area (Å²) in [7, 11) is 1.94. The summed E-state index contributed by atoms with van der Waals surface area (Å²) < 4.78 is 5.16. The molecule has 1 unspecified atom stereocenters. The van der Waals surface area contributed by atoms with Crippen LogP contribution in [0.15, 0.2) is 45.5 Å². The second-order valence-corrected chi connectivity index (χ2v) is 4.31. The van der Waals surface area contributed by atoms with Gasteiger partial charge in [-0.25, -0.2) is 9.97 Å². The van der Waals surface area contributed by atoms with Crippen molar-refractivity contribution in [1.29, 1.82) is 0 Å². The van der Waals surface area contributed by atoms with Gasteiger partial charge in [0.15, 0.2) is 0 Å². The number of rotatable bonds is 4. The van der Waals surface area contributed by atoms with Crippen molar-refractivity contribution in [2.75, 3.05) is 7.05 Å². The van der Waals surface area contributed by atoms with Crippen molar-refractivity contribution < 1.29 is 4.42 Å². The third-order valence-electron chi connectivity index (χ3n) is 2.29. The molecular formula is C11H13N3OS. The van der Waals surface area contributed by atoms with E-state index in [-0.39, 0.29) is 0 Å². The number of nitrogens with one attached hydrogen (secondary N) is 1. The number of aromatic nitrogens is 2. The minimum atomic E-state index is 0.312. The van der Waals surface area contributed by atoms with Crippen LogP contribution in [0.3, 0.4) is 0 Å². The second kappa shape index (κ2) is 5.14. The first-order valence-electron chi connectivity index (χ1n) is 5.00. The van der Waals surface area contributed by atoms with Gasteiger partial charge in [0.2, 0.25) is 0 Å². The summed E-state index contributed by atoms with van der Waals surface area (Å²) in [6, 6.07) is 4.35. The molecule has 0 fully saturated rings. The Labute approximate surface area is 98.5 Å². The SMILES string of the molecule is CNC(C)c1ccnc(Sc2ncco2)c1. The Balaban J connectivity index is 2.16. The zero-order chi connectivity index (χ0) is 11.4. The van der Waals surface area contributed by atoms with Gasteiger partial charge in [0.25, 0.3) is 5.22 Å². The summed E-state index contributed by atoms with van der Waals surface area (Å²) in [4.78, 5) is 8.31. The van der Waals surface area contributed by atoms with Crippen molar-refractivity contribution in [3.05, 3.63) is 36.4 Å². The Morgan fingerprint density at radius 3 is 2.94 bits per heavy atom. The maximum absolute atomic E-state index is 5.16. The number of pyridine rings is 1. The van der Waals surface area contributed by atoms with Gasteiger partial charge in [0.05, 0.1) is 6.20 Å². The highest BCUT2D eigenvalue weighted by molar-refractivity contribution is 7.99. The van der Waals surface area contributed by atoms with Gasteiger partial charge in [-0.3, -0.25) is 0 Å². The second-order valence-electron chi connectivity index (χ2n) is 3.34. The van der Waals surface area contributed by atoms with Gasteiger partial charge in [-0.2, -0.15) is 0 Å². The van der Waals surface area contributed by atoms with Crippen molar-refractivity contribution in [3.8, 4) is 0 Å². The summed E-state index contributed by atoms with van der Waals surface area (Å²) in [6.45, 7) is 2.11. The zero-order valence-electron chi connectivity index (χ0n) is 9.18. The molecule has 0 aliphatic carbocycles. The molecule has 2 heterocycles. The predicted octanol–water partition coefficient (Wildman–Crippen LogP) is 2.50. The van der Waals surface area contributed by atoms with Crippen LogP contribution in [0.5, 0.6) is 0 Å². The Morgan fingerprint density at radius 2 is 2.25 bits per heavy atom. The van der Waals surface area contributed by atoms with Crippen molar-refractivity contribution >= 4 is 11.8 Å². The molecule has 0 saturated heterocycles. The minimum absolute atomic E-state index is 0.312. The monoisotopic (exact) mass is 235 g/mol. The molecule has 0 radical (unpaired) electrons. The maximum atomic E-state index is 5.16. The van der Waals surface area contributed by atoms with Crippen molar-refractivity contribution in [1.82, 2.24) is 15.3 Å². The third-order valence-corrected chi connectivity index (χ3v) is 3.10. The molecule has 0 saturated carbocycles. The van der Waals surface area contributed by atoms with Crippen molar-refractivity contribution in [2.45, 2.75) is 23.2 Å². The van der Waals surface area contributed by atoms with E-state index in [0.29, 0.717) is 11.3 Å². The summed E-state index contributed by atoms with van der Waals surface area (Å²) in [6.07, 6.45) is 4.99. The molecule has 2 aromatic rings. The first-order valence-corrected chi connectivity index (χ1v) is 5.82. The maximum Gasteiger partial charge on any atom is 0.261 e. The fraction of sp³-hybridized carbons (Fsp3) is 0.273. The lowest BCUT2D eigenvalue weighted by Gasteiger charge is -2.10. The molecule has 0 aliphatic rings. The van der Waals surface area contributed by atoms with E-state index < -0.39 is 0 Å². The predicted molar refractivity (Wildman–Crippen MR) is 62.3 cm³/mol. The molecule has 0 bridgehead atoms. The van der Waals surface area contributed by atoms with E-state index in [4.69, 9.17) is 4.42 Å². The van der Waals surface area contributed by atoms with Crippen LogP contribution in [0.2, 0.25) is 0 Å². The summed E-state index contributed by atoms with van der Waals surface area (Å²) in [5.41, 5.74) is 1.20. The highest BCUT2D eigenvalue weighted by Crippen LogP contribution is 2.25. The van der Waals surface area contributed by atoms with Crippen LogP contribution >= 0.6 is 11.8 Å². The van der Waals surface area contributed by atoms with Crippen LogP contribution in [0.25, 0.3) is 0 Å². The van der Waals surface area contributed by atoms with E-state index in [0.717, 1.165) is 5.03 Å². The Hall–Kier alpha value is -1.33. The van der Waals surface area contributed by atoms with Gasteiger partial charge in [0, 0.05) is 12.2 Å². The van der Waals surface area contributed by atoms with Crippen LogP contribution in [0.4, 0.5) is 0 Å². The van der Waals surface area contributed by atoms with E-state index in [1.165, 1.54) is 17.3 Å². The van der Waals surface area contributed by atoms with Crippen LogP contribution < -0.4 is 5.32 Å². The third kappa shape index (κ3) is 2.62. The van der Waals surface area contributed by atoms with Gasteiger partial charge in [-0.15, -0.1) is 0 Å². The van der Waals surface area contributed by atoms with Crippen LogP contribution in [-0.2, 0) is 0 Å². The average Bonchev–Trinajstić information content (AvgIpc) is 2.81. The lowest BCUT2D eigenvalue weighted by Crippen LogP contribution is -2.12. The van der Waals surface area contributed by atoms with Crippen LogP contribution in [-0.4, -0.2) is 17.0 Å².